The summed E-state index contributed by atoms with van der Waals surface area (Å²) in [6.07, 6.45) is 6.43. The summed E-state index contributed by atoms with van der Waals surface area (Å²) in [5.41, 5.74) is 1.01. The lowest BCUT2D eigenvalue weighted by atomic mass is 10.1. The van der Waals surface area contributed by atoms with E-state index in [-0.39, 0.29) is 0 Å². The highest BCUT2D eigenvalue weighted by Crippen LogP contribution is 2.28. The van der Waals surface area contributed by atoms with Crippen LogP contribution in [0.25, 0.3) is 0 Å². The fourth-order valence-electron chi connectivity index (χ4n) is 1.90. The number of ether oxygens (including phenoxy) is 2. The molecule has 0 spiro atoms. The van der Waals surface area contributed by atoms with Gasteiger partial charge in [0.25, 0.3) is 0 Å². The lowest BCUT2D eigenvalue weighted by Crippen LogP contribution is -2.03. The minimum Gasteiger partial charge on any atom is -0.497 e. The van der Waals surface area contributed by atoms with Crippen molar-refractivity contribution in [2.24, 2.45) is 0 Å². The van der Waals surface area contributed by atoms with Crippen LogP contribution in [0.15, 0.2) is 18.2 Å². The fraction of sp³-hybridized carbons (Fsp3) is 0.600. The van der Waals surface area contributed by atoms with Gasteiger partial charge in [0.1, 0.15) is 11.5 Å². The van der Waals surface area contributed by atoms with Crippen molar-refractivity contribution in [3.63, 3.8) is 0 Å². The Morgan fingerprint density at radius 2 is 1.78 bits per heavy atom. The maximum atomic E-state index is 5.32. The Balaban J connectivity index is 2.39. The second-order valence-corrected chi connectivity index (χ2v) is 4.41. The Morgan fingerprint density at radius 3 is 2.44 bits per heavy atom. The molecule has 3 nitrogen and oxygen atoms in total. The van der Waals surface area contributed by atoms with Gasteiger partial charge in [-0.2, -0.15) is 0 Å². The van der Waals surface area contributed by atoms with E-state index in [0.717, 1.165) is 23.7 Å². The van der Waals surface area contributed by atoms with E-state index in [1.165, 1.54) is 32.1 Å². The topological polar surface area (TPSA) is 30.5 Å². The van der Waals surface area contributed by atoms with Gasteiger partial charge in [0.15, 0.2) is 0 Å². The van der Waals surface area contributed by atoms with Crippen molar-refractivity contribution in [2.45, 2.75) is 39.0 Å². The van der Waals surface area contributed by atoms with Gasteiger partial charge in [-0.05, 0) is 18.6 Å². The van der Waals surface area contributed by atoms with Crippen molar-refractivity contribution in [2.75, 3.05) is 26.1 Å². The van der Waals surface area contributed by atoms with E-state index in [2.05, 4.69) is 12.2 Å². The zero-order valence-electron chi connectivity index (χ0n) is 11.8. The molecule has 0 bridgehead atoms. The highest BCUT2D eigenvalue weighted by molar-refractivity contribution is 5.59. The number of unbranched alkanes of at least 4 members (excludes halogenated alkanes) is 4. The first-order chi connectivity index (χ1) is 8.81. The molecule has 0 fully saturated rings. The second kappa shape index (κ2) is 8.67. The lowest BCUT2D eigenvalue weighted by molar-refractivity contribution is 0.404. The summed E-state index contributed by atoms with van der Waals surface area (Å²) in [5, 5.41) is 3.41. The molecule has 0 amide bonds. The van der Waals surface area contributed by atoms with Crippen LogP contribution in [0.4, 0.5) is 5.69 Å². The van der Waals surface area contributed by atoms with E-state index >= 15 is 0 Å². The van der Waals surface area contributed by atoms with Crippen molar-refractivity contribution in [3.8, 4) is 11.5 Å². The monoisotopic (exact) mass is 251 g/mol. The molecule has 102 valence electrons. The van der Waals surface area contributed by atoms with Gasteiger partial charge >= 0.3 is 0 Å². The van der Waals surface area contributed by atoms with Gasteiger partial charge in [0.05, 0.1) is 19.9 Å². The lowest BCUT2D eigenvalue weighted by Gasteiger charge is -2.12. The van der Waals surface area contributed by atoms with Crippen LogP contribution in [-0.4, -0.2) is 20.8 Å². The Morgan fingerprint density at radius 1 is 1.00 bits per heavy atom. The van der Waals surface area contributed by atoms with Crippen molar-refractivity contribution in [1.82, 2.24) is 0 Å². The highest BCUT2D eigenvalue weighted by Gasteiger charge is 2.03. The van der Waals surface area contributed by atoms with Gasteiger partial charge in [0, 0.05) is 12.6 Å². The normalized spacial score (nSPS) is 10.2. The first-order valence-electron chi connectivity index (χ1n) is 6.77. The predicted octanol–water partition coefficient (Wildman–Crippen LogP) is 4.09. The average Bonchev–Trinajstić information content (AvgIpc) is 2.42. The molecule has 1 aromatic carbocycles. The highest BCUT2D eigenvalue weighted by atomic mass is 16.5. The number of benzene rings is 1. The molecule has 0 aliphatic rings. The third kappa shape index (κ3) is 4.86. The van der Waals surface area contributed by atoms with Crippen LogP contribution in [0.5, 0.6) is 11.5 Å². The maximum Gasteiger partial charge on any atom is 0.142 e. The van der Waals surface area contributed by atoms with E-state index in [1.54, 1.807) is 14.2 Å². The molecule has 0 radical (unpaired) electrons. The van der Waals surface area contributed by atoms with E-state index in [0.29, 0.717) is 0 Å². The van der Waals surface area contributed by atoms with Gasteiger partial charge in [-0.3, -0.25) is 0 Å². The molecular weight excluding hydrogens is 226 g/mol. The summed E-state index contributed by atoms with van der Waals surface area (Å²) in [6.45, 7) is 3.21. The molecule has 3 heteroatoms. The molecule has 0 saturated carbocycles. The van der Waals surface area contributed by atoms with Crippen molar-refractivity contribution in [1.29, 1.82) is 0 Å². The number of hydrogen-bond acceptors (Lipinski definition) is 3. The van der Waals surface area contributed by atoms with Crippen LogP contribution >= 0.6 is 0 Å². The number of anilines is 1. The molecule has 1 N–H and O–H groups in total. The summed E-state index contributed by atoms with van der Waals surface area (Å²) in [7, 11) is 3.37. The molecule has 0 saturated heterocycles. The Bertz CT molecular complexity index is 339. The molecule has 0 aliphatic heterocycles. The van der Waals surface area contributed by atoms with Gasteiger partial charge < -0.3 is 14.8 Å². The molecule has 0 heterocycles. The van der Waals surface area contributed by atoms with Crippen LogP contribution < -0.4 is 14.8 Å². The van der Waals surface area contributed by atoms with E-state index in [4.69, 9.17) is 9.47 Å². The van der Waals surface area contributed by atoms with Gasteiger partial charge in [-0.25, -0.2) is 0 Å². The minimum atomic E-state index is 0.851. The van der Waals surface area contributed by atoms with Crippen LogP contribution in [0.2, 0.25) is 0 Å². The first kappa shape index (κ1) is 14.7. The predicted molar refractivity (Wildman–Crippen MR) is 76.8 cm³/mol. The largest absolute Gasteiger partial charge is 0.497 e. The maximum absolute atomic E-state index is 5.32. The average molecular weight is 251 g/mol. The Labute approximate surface area is 110 Å². The van der Waals surface area contributed by atoms with Crippen LogP contribution in [-0.2, 0) is 0 Å². The van der Waals surface area contributed by atoms with E-state index < -0.39 is 0 Å². The van der Waals surface area contributed by atoms with E-state index in [1.807, 2.05) is 18.2 Å². The van der Waals surface area contributed by atoms with E-state index in [9.17, 15) is 0 Å². The third-order valence-electron chi connectivity index (χ3n) is 3.00. The summed E-state index contributed by atoms with van der Waals surface area (Å²) < 4.78 is 10.5. The standard InChI is InChI=1S/C15H25NO2/c1-4-5-6-7-8-11-16-14-12-13(17-2)9-10-15(14)18-3/h9-10,12,16H,4-8,11H2,1-3H3. The summed E-state index contributed by atoms with van der Waals surface area (Å²) in [5.74, 6) is 1.72. The smallest absolute Gasteiger partial charge is 0.142 e. The Kier molecular flexibility index (Phi) is 7.07. The fourth-order valence-corrected chi connectivity index (χ4v) is 1.90. The zero-order chi connectivity index (χ0) is 13.2. The second-order valence-electron chi connectivity index (χ2n) is 4.41. The van der Waals surface area contributed by atoms with Crippen molar-refractivity contribution in [3.05, 3.63) is 18.2 Å². The van der Waals surface area contributed by atoms with Gasteiger partial charge in [0.2, 0.25) is 0 Å². The molecule has 1 rings (SSSR count). The zero-order valence-corrected chi connectivity index (χ0v) is 11.8. The van der Waals surface area contributed by atoms with Crippen molar-refractivity contribution < 1.29 is 9.47 Å². The third-order valence-corrected chi connectivity index (χ3v) is 3.00. The first-order valence-corrected chi connectivity index (χ1v) is 6.77. The minimum absolute atomic E-state index is 0.851. The summed E-state index contributed by atoms with van der Waals surface area (Å²) >= 11 is 0. The number of nitrogens with one attached hydrogen (secondary N) is 1. The Hall–Kier alpha value is -1.38. The number of hydrogen-bond donors (Lipinski definition) is 1. The van der Waals surface area contributed by atoms with Crippen LogP contribution in [0, 0.1) is 0 Å². The molecule has 0 aliphatic carbocycles. The van der Waals surface area contributed by atoms with Gasteiger partial charge in [-0.15, -0.1) is 0 Å². The molecular formula is C15H25NO2. The molecule has 0 aromatic heterocycles. The summed E-state index contributed by atoms with van der Waals surface area (Å²) in [6, 6.07) is 5.81. The molecule has 0 atom stereocenters. The summed E-state index contributed by atoms with van der Waals surface area (Å²) in [4.78, 5) is 0. The number of methoxy groups -OCH3 is 2. The number of rotatable bonds is 9. The molecule has 1 aromatic rings. The van der Waals surface area contributed by atoms with Crippen molar-refractivity contribution >= 4 is 5.69 Å². The van der Waals surface area contributed by atoms with Gasteiger partial charge in [-0.1, -0.05) is 32.6 Å². The molecule has 18 heavy (non-hydrogen) atoms. The van der Waals surface area contributed by atoms with Crippen LogP contribution in [0.3, 0.4) is 0 Å². The SMILES string of the molecule is CCCCCCCNc1cc(OC)ccc1OC. The quantitative estimate of drug-likeness (QED) is 0.671. The van der Waals surface area contributed by atoms with Crippen LogP contribution in [0.1, 0.15) is 39.0 Å². The molecule has 0 unspecified atom stereocenters.